The molecule has 3 rings (SSSR count). The molecule has 0 aliphatic carbocycles. The van der Waals surface area contributed by atoms with Crippen LogP contribution < -0.4 is 4.90 Å². The average molecular weight is 347 g/mol. The van der Waals surface area contributed by atoms with Crippen LogP contribution in [0, 0.1) is 0 Å². The first-order valence-electron chi connectivity index (χ1n) is 8.83. The number of anilines is 1. The second-order valence-corrected chi connectivity index (χ2v) is 6.12. The zero-order chi connectivity index (χ0) is 17.6. The predicted molar refractivity (Wildman–Crippen MR) is 94.0 cm³/mol. The molecule has 2 aliphatic heterocycles. The number of piperazine rings is 1. The minimum Gasteiger partial charge on any atom is -0.450 e. The van der Waals surface area contributed by atoms with Gasteiger partial charge in [0.25, 0.3) is 5.91 Å². The third kappa shape index (κ3) is 4.22. The first-order valence-corrected chi connectivity index (χ1v) is 8.83. The molecule has 0 spiro atoms. The Balaban J connectivity index is 1.55. The van der Waals surface area contributed by atoms with Gasteiger partial charge in [0, 0.05) is 50.5 Å². The van der Waals surface area contributed by atoms with Crippen LogP contribution in [0.4, 0.5) is 10.5 Å². The summed E-state index contributed by atoms with van der Waals surface area (Å²) < 4.78 is 10.4. The molecule has 0 bridgehead atoms. The molecule has 7 heteroatoms. The van der Waals surface area contributed by atoms with Gasteiger partial charge in [0.05, 0.1) is 19.8 Å². The van der Waals surface area contributed by atoms with Gasteiger partial charge in [-0.15, -0.1) is 0 Å². The van der Waals surface area contributed by atoms with Gasteiger partial charge in [0.1, 0.15) is 0 Å². The molecule has 2 fully saturated rings. The van der Waals surface area contributed by atoms with Crippen LogP contribution in [-0.4, -0.2) is 80.9 Å². The fourth-order valence-corrected chi connectivity index (χ4v) is 3.13. The molecule has 1 aromatic carbocycles. The van der Waals surface area contributed by atoms with Gasteiger partial charge in [-0.3, -0.25) is 4.79 Å². The topological polar surface area (TPSA) is 62.3 Å². The Labute approximate surface area is 148 Å². The van der Waals surface area contributed by atoms with Crippen LogP contribution in [0.3, 0.4) is 0 Å². The van der Waals surface area contributed by atoms with E-state index < -0.39 is 0 Å². The quantitative estimate of drug-likeness (QED) is 0.828. The summed E-state index contributed by atoms with van der Waals surface area (Å²) in [5.74, 6) is 0.0111. The van der Waals surface area contributed by atoms with Gasteiger partial charge < -0.3 is 24.2 Å². The lowest BCUT2D eigenvalue weighted by Crippen LogP contribution is -2.50. The van der Waals surface area contributed by atoms with E-state index in [2.05, 4.69) is 4.90 Å². The highest BCUT2D eigenvalue weighted by Crippen LogP contribution is 2.18. The molecule has 0 radical (unpaired) electrons. The van der Waals surface area contributed by atoms with Gasteiger partial charge in [-0.1, -0.05) is 0 Å². The van der Waals surface area contributed by atoms with E-state index in [9.17, 15) is 9.59 Å². The lowest BCUT2D eigenvalue weighted by atomic mass is 10.1. The average Bonchev–Trinajstić information content (AvgIpc) is 2.68. The van der Waals surface area contributed by atoms with Crippen molar-refractivity contribution in [1.29, 1.82) is 0 Å². The van der Waals surface area contributed by atoms with Gasteiger partial charge >= 0.3 is 6.09 Å². The van der Waals surface area contributed by atoms with Gasteiger partial charge in [0.2, 0.25) is 0 Å². The number of hydrogen-bond donors (Lipinski definition) is 0. The van der Waals surface area contributed by atoms with Crippen molar-refractivity contribution < 1.29 is 19.1 Å². The van der Waals surface area contributed by atoms with Crippen LogP contribution in [0.5, 0.6) is 0 Å². The molecular weight excluding hydrogens is 322 g/mol. The van der Waals surface area contributed by atoms with Gasteiger partial charge in [-0.2, -0.15) is 0 Å². The van der Waals surface area contributed by atoms with Crippen molar-refractivity contribution in [1.82, 2.24) is 9.80 Å². The molecule has 0 N–H and O–H groups in total. The monoisotopic (exact) mass is 347 g/mol. The SMILES string of the molecule is CCOC(=O)N1CCN(C(=O)c2ccc(N3CCOCC3)cc2)CC1. The Morgan fingerprint density at radius 3 is 2.16 bits per heavy atom. The normalized spacial score (nSPS) is 18.2. The molecule has 0 saturated carbocycles. The second kappa shape index (κ2) is 8.20. The fourth-order valence-electron chi connectivity index (χ4n) is 3.13. The van der Waals surface area contributed by atoms with E-state index in [1.807, 2.05) is 24.3 Å². The van der Waals surface area contributed by atoms with Crippen molar-refractivity contribution in [2.24, 2.45) is 0 Å². The maximum Gasteiger partial charge on any atom is 0.409 e. The molecule has 0 atom stereocenters. The Morgan fingerprint density at radius 2 is 1.56 bits per heavy atom. The van der Waals surface area contributed by atoms with Crippen LogP contribution in [-0.2, 0) is 9.47 Å². The van der Waals surface area contributed by atoms with E-state index in [0.29, 0.717) is 38.3 Å². The predicted octanol–water partition coefficient (Wildman–Crippen LogP) is 1.44. The van der Waals surface area contributed by atoms with E-state index in [4.69, 9.17) is 9.47 Å². The van der Waals surface area contributed by atoms with E-state index >= 15 is 0 Å². The van der Waals surface area contributed by atoms with Crippen molar-refractivity contribution in [3.05, 3.63) is 29.8 Å². The maximum atomic E-state index is 12.6. The molecule has 0 unspecified atom stereocenters. The number of carbonyl (C=O) groups excluding carboxylic acids is 2. The molecule has 2 amide bonds. The second-order valence-electron chi connectivity index (χ2n) is 6.12. The molecule has 1 aromatic rings. The van der Waals surface area contributed by atoms with Crippen molar-refractivity contribution in [2.45, 2.75) is 6.92 Å². The van der Waals surface area contributed by atoms with Crippen molar-refractivity contribution in [2.75, 3.05) is 64.0 Å². The Kier molecular flexibility index (Phi) is 5.75. The highest BCUT2D eigenvalue weighted by Gasteiger charge is 2.25. The van der Waals surface area contributed by atoms with Crippen LogP contribution in [0.2, 0.25) is 0 Å². The number of rotatable bonds is 3. The Bertz CT molecular complexity index is 591. The summed E-state index contributed by atoms with van der Waals surface area (Å²) in [6.07, 6.45) is -0.301. The summed E-state index contributed by atoms with van der Waals surface area (Å²) in [6.45, 7) is 7.48. The molecule has 7 nitrogen and oxygen atoms in total. The molecule has 25 heavy (non-hydrogen) atoms. The van der Waals surface area contributed by atoms with Crippen LogP contribution >= 0.6 is 0 Å². The molecule has 2 heterocycles. The van der Waals surface area contributed by atoms with Crippen molar-refractivity contribution in [3.8, 4) is 0 Å². The molecule has 2 aliphatic rings. The number of ether oxygens (including phenoxy) is 2. The highest BCUT2D eigenvalue weighted by molar-refractivity contribution is 5.94. The zero-order valence-electron chi connectivity index (χ0n) is 14.6. The standard InChI is InChI=1S/C18H25N3O4/c1-2-25-18(23)21-9-7-20(8-10-21)17(22)15-3-5-16(6-4-15)19-11-13-24-14-12-19/h3-6H,2,7-14H2,1H3. The van der Waals surface area contributed by atoms with E-state index in [0.717, 1.165) is 32.0 Å². The molecule has 136 valence electrons. The van der Waals surface area contributed by atoms with Gasteiger partial charge in [-0.25, -0.2) is 4.79 Å². The van der Waals surface area contributed by atoms with Gasteiger partial charge in [0.15, 0.2) is 0 Å². The van der Waals surface area contributed by atoms with Crippen molar-refractivity contribution in [3.63, 3.8) is 0 Å². The molecular formula is C18H25N3O4. The summed E-state index contributed by atoms with van der Waals surface area (Å²) in [5.41, 5.74) is 1.80. The van der Waals surface area contributed by atoms with Crippen molar-refractivity contribution >= 4 is 17.7 Å². The van der Waals surface area contributed by atoms with Crippen LogP contribution in [0.1, 0.15) is 17.3 Å². The minimum atomic E-state index is -0.301. The third-order valence-corrected chi connectivity index (χ3v) is 4.58. The Morgan fingerprint density at radius 1 is 0.960 bits per heavy atom. The number of carbonyl (C=O) groups is 2. The zero-order valence-corrected chi connectivity index (χ0v) is 14.6. The lowest BCUT2D eigenvalue weighted by Gasteiger charge is -2.34. The minimum absolute atomic E-state index is 0.0111. The number of benzene rings is 1. The summed E-state index contributed by atoms with van der Waals surface area (Å²) in [6, 6.07) is 7.75. The number of amides is 2. The van der Waals surface area contributed by atoms with Gasteiger partial charge in [-0.05, 0) is 31.2 Å². The van der Waals surface area contributed by atoms with E-state index in [1.165, 1.54) is 0 Å². The smallest absolute Gasteiger partial charge is 0.409 e. The summed E-state index contributed by atoms with van der Waals surface area (Å²) in [4.78, 5) is 30.1. The highest BCUT2D eigenvalue weighted by atomic mass is 16.6. The first-order chi connectivity index (χ1) is 12.2. The third-order valence-electron chi connectivity index (χ3n) is 4.58. The Hall–Kier alpha value is -2.28. The van der Waals surface area contributed by atoms with E-state index in [-0.39, 0.29) is 12.0 Å². The molecule has 2 saturated heterocycles. The first kappa shape index (κ1) is 17.5. The maximum absolute atomic E-state index is 12.6. The van der Waals surface area contributed by atoms with E-state index in [1.54, 1.807) is 16.7 Å². The summed E-state index contributed by atoms with van der Waals surface area (Å²) in [5, 5.41) is 0. The summed E-state index contributed by atoms with van der Waals surface area (Å²) >= 11 is 0. The number of hydrogen-bond acceptors (Lipinski definition) is 5. The lowest BCUT2D eigenvalue weighted by molar-refractivity contribution is 0.0570. The number of morpholine rings is 1. The largest absolute Gasteiger partial charge is 0.450 e. The summed E-state index contributed by atoms with van der Waals surface area (Å²) in [7, 11) is 0. The van der Waals surface area contributed by atoms with Crippen LogP contribution in [0.25, 0.3) is 0 Å². The molecule has 0 aromatic heterocycles. The van der Waals surface area contributed by atoms with Crippen LogP contribution in [0.15, 0.2) is 24.3 Å². The fraction of sp³-hybridized carbons (Fsp3) is 0.556. The number of nitrogens with zero attached hydrogens (tertiary/aromatic N) is 3.